The van der Waals surface area contributed by atoms with Crippen molar-refractivity contribution in [2.75, 3.05) is 11.9 Å². The van der Waals surface area contributed by atoms with E-state index in [0.717, 1.165) is 16.1 Å². The Kier molecular flexibility index (Phi) is 6.61. The molecule has 0 aliphatic heterocycles. The number of rotatable bonds is 6. The molecule has 28 heavy (non-hydrogen) atoms. The van der Waals surface area contributed by atoms with E-state index in [-0.39, 0.29) is 24.8 Å². The van der Waals surface area contributed by atoms with Crippen LogP contribution in [0.5, 0.6) is 0 Å². The number of aryl methyl sites for hydroxylation is 1. The highest BCUT2D eigenvalue weighted by molar-refractivity contribution is 7.18. The van der Waals surface area contributed by atoms with Gasteiger partial charge in [0.05, 0.1) is 10.0 Å². The smallest absolute Gasteiger partial charge is 0.251 e. The van der Waals surface area contributed by atoms with Gasteiger partial charge in [-0.05, 0) is 25.1 Å². The third kappa shape index (κ3) is 5.28. The summed E-state index contributed by atoms with van der Waals surface area (Å²) in [6.07, 6.45) is 0.104. The zero-order valence-corrected chi connectivity index (χ0v) is 17.2. The molecule has 0 spiro atoms. The zero-order valence-electron chi connectivity index (χ0n) is 14.8. The predicted octanol–water partition coefficient (Wildman–Crippen LogP) is 4.58. The summed E-state index contributed by atoms with van der Waals surface area (Å²) >= 11 is 13.0. The van der Waals surface area contributed by atoms with Crippen molar-refractivity contribution in [2.24, 2.45) is 0 Å². The fourth-order valence-electron chi connectivity index (χ4n) is 2.30. The minimum absolute atomic E-state index is 0.104. The Labute approximate surface area is 175 Å². The summed E-state index contributed by atoms with van der Waals surface area (Å²) in [5.74, 6) is -0.593. The maximum absolute atomic E-state index is 12.1. The van der Waals surface area contributed by atoms with Gasteiger partial charge in [0.15, 0.2) is 0 Å². The number of nitrogens with zero attached hydrogens (tertiary/aromatic N) is 2. The number of amides is 2. The molecule has 6 nitrogen and oxygen atoms in total. The average molecular weight is 435 g/mol. The molecule has 2 amide bonds. The molecule has 144 valence electrons. The van der Waals surface area contributed by atoms with Crippen LogP contribution in [-0.4, -0.2) is 28.6 Å². The molecule has 0 bridgehead atoms. The van der Waals surface area contributed by atoms with E-state index in [2.05, 4.69) is 20.8 Å². The summed E-state index contributed by atoms with van der Waals surface area (Å²) in [5, 5.41) is 15.2. The molecule has 0 unspecified atom stereocenters. The highest BCUT2D eigenvalue weighted by Gasteiger charge is 2.11. The van der Waals surface area contributed by atoms with Gasteiger partial charge in [-0.25, -0.2) is 0 Å². The van der Waals surface area contributed by atoms with Crippen molar-refractivity contribution < 1.29 is 9.59 Å². The van der Waals surface area contributed by atoms with Gasteiger partial charge in [0.1, 0.15) is 5.01 Å². The molecule has 9 heteroatoms. The molecule has 1 heterocycles. The van der Waals surface area contributed by atoms with Gasteiger partial charge in [0, 0.05) is 24.1 Å². The number of carbonyl (C=O) groups excluding carboxylic acids is 2. The highest BCUT2D eigenvalue weighted by atomic mass is 35.5. The molecular weight excluding hydrogens is 419 g/mol. The standard InChI is InChI=1S/C19H16Cl2N4O2S/c1-11-2-4-12(5-3-11)18-24-25-19(28-18)23-16(26)8-9-22-17(27)13-6-7-14(20)15(21)10-13/h2-7,10H,8-9H2,1H3,(H,22,27)(H,23,25,26). The van der Waals surface area contributed by atoms with Crippen LogP contribution in [-0.2, 0) is 4.79 Å². The van der Waals surface area contributed by atoms with Crippen LogP contribution in [0.4, 0.5) is 5.13 Å². The number of benzene rings is 2. The van der Waals surface area contributed by atoms with Gasteiger partial charge in [0.25, 0.3) is 5.91 Å². The molecule has 3 rings (SSSR count). The maximum Gasteiger partial charge on any atom is 0.251 e. The van der Waals surface area contributed by atoms with Crippen LogP contribution < -0.4 is 10.6 Å². The van der Waals surface area contributed by atoms with Crippen LogP contribution >= 0.6 is 34.5 Å². The number of hydrogen-bond donors (Lipinski definition) is 2. The lowest BCUT2D eigenvalue weighted by molar-refractivity contribution is -0.116. The topological polar surface area (TPSA) is 84.0 Å². The lowest BCUT2D eigenvalue weighted by Crippen LogP contribution is -2.27. The fraction of sp³-hybridized carbons (Fsp3) is 0.158. The second kappa shape index (κ2) is 9.14. The summed E-state index contributed by atoms with van der Waals surface area (Å²) in [7, 11) is 0. The van der Waals surface area contributed by atoms with E-state index in [1.54, 1.807) is 12.1 Å². The van der Waals surface area contributed by atoms with E-state index in [4.69, 9.17) is 23.2 Å². The minimum atomic E-state index is -0.330. The minimum Gasteiger partial charge on any atom is -0.352 e. The average Bonchev–Trinajstić information content (AvgIpc) is 3.12. The van der Waals surface area contributed by atoms with Crippen molar-refractivity contribution in [2.45, 2.75) is 13.3 Å². The second-order valence-corrected chi connectivity index (χ2v) is 7.75. The number of halogens is 2. The molecule has 0 saturated carbocycles. The molecule has 1 aromatic heterocycles. The van der Waals surface area contributed by atoms with Crippen LogP contribution in [0.1, 0.15) is 22.3 Å². The number of hydrogen-bond acceptors (Lipinski definition) is 5. The lowest BCUT2D eigenvalue weighted by Gasteiger charge is -2.06. The molecule has 2 N–H and O–H groups in total. The monoisotopic (exact) mass is 434 g/mol. The fourth-order valence-corrected chi connectivity index (χ4v) is 3.36. The predicted molar refractivity (Wildman–Crippen MR) is 112 cm³/mol. The van der Waals surface area contributed by atoms with E-state index in [9.17, 15) is 9.59 Å². The van der Waals surface area contributed by atoms with Crippen LogP contribution in [0.25, 0.3) is 10.6 Å². The Hall–Kier alpha value is -2.48. The summed E-state index contributed by atoms with van der Waals surface area (Å²) in [4.78, 5) is 24.1. The largest absolute Gasteiger partial charge is 0.352 e. The molecule has 0 fully saturated rings. The Bertz CT molecular complexity index is 1010. The Balaban J connectivity index is 1.48. The molecule has 0 saturated heterocycles. The van der Waals surface area contributed by atoms with Gasteiger partial charge in [-0.3, -0.25) is 9.59 Å². The summed E-state index contributed by atoms with van der Waals surface area (Å²) < 4.78 is 0. The Morgan fingerprint density at radius 3 is 2.50 bits per heavy atom. The van der Waals surface area contributed by atoms with E-state index < -0.39 is 0 Å². The van der Waals surface area contributed by atoms with Crippen molar-refractivity contribution in [1.29, 1.82) is 0 Å². The first-order valence-corrected chi connectivity index (χ1v) is 9.93. The van der Waals surface area contributed by atoms with Gasteiger partial charge in [-0.1, -0.05) is 64.4 Å². The lowest BCUT2D eigenvalue weighted by atomic mass is 10.2. The molecule has 0 radical (unpaired) electrons. The number of carbonyl (C=O) groups is 2. The molecular formula is C19H16Cl2N4O2S. The van der Waals surface area contributed by atoms with Gasteiger partial charge >= 0.3 is 0 Å². The molecule has 3 aromatic rings. The third-order valence-corrected chi connectivity index (χ3v) is 5.42. The van der Waals surface area contributed by atoms with E-state index in [1.165, 1.54) is 17.4 Å². The SMILES string of the molecule is Cc1ccc(-c2nnc(NC(=O)CCNC(=O)c3ccc(Cl)c(Cl)c3)s2)cc1. The van der Waals surface area contributed by atoms with Crippen LogP contribution in [0.3, 0.4) is 0 Å². The van der Waals surface area contributed by atoms with E-state index in [1.807, 2.05) is 31.2 Å². The van der Waals surface area contributed by atoms with Crippen molar-refractivity contribution in [3.05, 3.63) is 63.6 Å². The molecule has 0 atom stereocenters. The first kappa shape index (κ1) is 20.3. The van der Waals surface area contributed by atoms with Crippen molar-refractivity contribution in [1.82, 2.24) is 15.5 Å². The normalized spacial score (nSPS) is 10.5. The second-order valence-electron chi connectivity index (χ2n) is 5.96. The summed E-state index contributed by atoms with van der Waals surface area (Å²) in [5.41, 5.74) is 2.48. The Morgan fingerprint density at radius 2 is 1.79 bits per heavy atom. The van der Waals surface area contributed by atoms with Gasteiger partial charge in [0.2, 0.25) is 11.0 Å². The maximum atomic E-state index is 12.1. The van der Waals surface area contributed by atoms with E-state index in [0.29, 0.717) is 20.7 Å². The van der Waals surface area contributed by atoms with Gasteiger partial charge in [-0.15, -0.1) is 10.2 Å². The van der Waals surface area contributed by atoms with Crippen LogP contribution in [0.2, 0.25) is 10.0 Å². The van der Waals surface area contributed by atoms with Crippen molar-refractivity contribution >= 4 is 51.5 Å². The third-order valence-electron chi connectivity index (χ3n) is 3.79. The van der Waals surface area contributed by atoms with Gasteiger partial charge in [-0.2, -0.15) is 0 Å². The van der Waals surface area contributed by atoms with Gasteiger partial charge < -0.3 is 10.6 Å². The van der Waals surface area contributed by atoms with Crippen molar-refractivity contribution in [3.8, 4) is 10.6 Å². The number of aromatic nitrogens is 2. The number of anilines is 1. The van der Waals surface area contributed by atoms with Crippen LogP contribution in [0, 0.1) is 6.92 Å². The number of nitrogens with one attached hydrogen (secondary N) is 2. The zero-order chi connectivity index (χ0) is 20.1. The Morgan fingerprint density at radius 1 is 1.04 bits per heavy atom. The van der Waals surface area contributed by atoms with Crippen LogP contribution in [0.15, 0.2) is 42.5 Å². The highest BCUT2D eigenvalue weighted by Crippen LogP contribution is 2.26. The summed E-state index contributed by atoms with van der Waals surface area (Å²) in [6, 6.07) is 12.5. The quantitative estimate of drug-likeness (QED) is 0.594. The molecule has 0 aliphatic rings. The van der Waals surface area contributed by atoms with Crippen molar-refractivity contribution in [3.63, 3.8) is 0 Å². The first-order chi connectivity index (χ1) is 13.4. The summed E-state index contributed by atoms with van der Waals surface area (Å²) in [6.45, 7) is 2.18. The van der Waals surface area contributed by atoms with E-state index >= 15 is 0 Å². The molecule has 0 aliphatic carbocycles. The first-order valence-electron chi connectivity index (χ1n) is 8.36. The molecule has 2 aromatic carbocycles.